The van der Waals surface area contributed by atoms with Crippen LogP contribution in [0, 0.1) is 6.92 Å². The van der Waals surface area contributed by atoms with Gasteiger partial charge in [0.15, 0.2) is 0 Å². The van der Waals surface area contributed by atoms with Crippen LogP contribution in [-0.4, -0.2) is 31.2 Å². The van der Waals surface area contributed by atoms with Gasteiger partial charge in [-0.3, -0.25) is 4.79 Å². The predicted octanol–water partition coefficient (Wildman–Crippen LogP) is 5.58. The number of benzene rings is 3. The van der Waals surface area contributed by atoms with E-state index in [1.54, 1.807) is 53.4 Å². The van der Waals surface area contributed by atoms with Crippen molar-refractivity contribution in [3.8, 4) is 0 Å². The SMILES string of the molecule is Cc1ccc(S(=O)(=O)N(CC(=O)N2c3ccc(Br)cc3CC2C)Cc2cccc(Cl)c2)cc1. The zero-order chi connectivity index (χ0) is 23.8. The monoisotopic (exact) mass is 546 g/mol. The minimum absolute atomic E-state index is 0.0396. The van der Waals surface area contributed by atoms with Crippen LogP contribution in [-0.2, 0) is 27.8 Å². The third-order valence-electron chi connectivity index (χ3n) is 5.74. The molecule has 0 aromatic heterocycles. The second kappa shape index (κ2) is 9.58. The number of hydrogen-bond acceptors (Lipinski definition) is 3. The van der Waals surface area contributed by atoms with Gasteiger partial charge in [-0.25, -0.2) is 8.42 Å². The summed E-state index contributed by atoms with van der Waals surface area (Å²) in [5.41, 5.74) is 3.56. The molecule has 1 heterocycles. The van der Waals surface area contributed by atoms with Crippen LogP contribution in [0.3, 0.4) is 0 Å². The average molecular weight is 548 g/mol. The summed E-state index contributed by atoms with van der Waals surface area (Å²) in [7, 11) is -3.92. The Labute approximate surface area is 208 Å². The Morgan fingerprint density at radius 3 is 2.55 bits per heavy atom. The number of carbonyl (C=O) groups is 1. The Balaban J connectivity index is 1.68. The summed E-state index contributed by atoms with van der Waals surface area (Å²) < 4.78 is 29.3. The Morgan fingerprint density at radius 1 is 1.12 bits per heavy atom. The van der Waals surface area contributed by atoms with Gasteiger partial charge >= 0.3 is 0 Å². The van der Waals surface area contributed by atoms with Crippen LogP contribution < -0.4 is 4.90 Å². The first-order chi connectivity index (χ1) is 15.6. The number of anilines is 1. The van der Waals surface area contributed by atoms with Gasteiger partial charge in [0.05, 0.1) is 11.4 Å². The Morgan fingerprint density at radius 2 is 1.85 bits per heavy atom. The molecule has 0 N–H and O–H groups in total. The van der Waals surface area contributed by atoms with E-state index in [4.69, 9.17) is 11.6 Å². The van der Waals surface area contributed by atoms with Crippen LogP contribution >= 0.6 is 27.5 Å². The smallest absolute Gasteiger partial charge is 0.243 e. The molecule has 1 unspecified atom stereocenters. The quantitative estimate of drug-likeness (QED) is 0.405. The van der Waals surface area contributed by atoms with Crippen LogP contribution in [0.5, 0.6) is 0 Å². The van der Waals surface area contributed by atoms with Gasteiger partial charge in [-0.1, -0.05) is 57.4 Å². The normalized spacial score (nSPS) is 15.7. The number of rotatable bonds is 6. The van der Waals surface area contributed by atoms with E-state index in [1.165, 1.54) is 4.31 Å². The van der Waals surface area contributed by atoms with E-state index < -0.39 is 10.0 Å². The Kier molecular flexibility index (Phi) is 6.96. The van der Waals surface area contributed by atoms with Crippen molar-refractivity contribution < 1.29 is 13.2 Å². The fourth-order valence-electron chi connectivity index (χ4n) is 4.13. The first-order valence-electron chi connectivity index (χ1n) is 10.6. The molecule has 4 rings (SSSR count). The van der Waals surface area contributed by atoms with E-state index in [2.05, 4.69) is 15.9 Å². The van der Waals surface area contributed by atoms with Crippen molar-refractivity contribution >= 4 is 49.1 Å². The third kappa shape index (κ3) is 5.17. The number of aryl methyl sites for hydroxylation is 1. The van der Waals surface area contributed by atoms with Gasteiger partial charge in [-0.15, -0.1) is 0 Å². The summed E-state index contributed by atoms with van der Waals surface area (Å²) in [5.74, 6) is -0.263. The van der Waals surface area contributed by atoms with Gasteiger partial charge < -0.3 is 4.90 Å². The number of fused-ring (bicyclic) bond motifs is 1. The molecular weight excluding hydrogens is 524 g/mol. The molecule has 5 nitrogen and oxygen atoms in total. The van der Waals surface area contributed by atoms with E-state index in [0.29, 0.717) is 10.6 Å². The topological polar surface area (TPSA) is 57.7 Å². The van der Waals surface area contributed by atoms with Crippen molar-refractivity contribution in [1.29, 1.82) is 0 Å². The highest BCUT2D eigenvalue weighted by Gasteiger charge is 2.34. The Hall–Kier alpha value is -2.19. The number of hydrogen-bond donors (Lipinski definition) is 0. The van der Waals surface area contributed by atoms with E-state index in [9.17, 15) is 13.2 Å². The Bertz CT molecular complexity index is 1300. The van der Waals surface area contributed by atoms with Crippen LogP contribution in [0.25, 0.3) is 0 Å². The average Bonchev–Trinajstić information content (AvgIpc) is 3.08. The summed E-state index contributed by atoms with van der Waals surface area (Å²) >= 11 is 9.61. The fourth-order valence-corrected chi connectivity index (χ4v) is 6.13. The van der Waals surface area contributed by atoms with E-state index >= 15 is 0 Å². The second-order valence-electron chi connectivity index (χ2n) is 8.31. The van der Waals surface area contributed by atoms with E-state index in [1.807, 2.05) is 32.0 Å². The lowest BCUT2D eigenvalue weighted by atomic mass is 10.1. The largest absolute Gasteiger partial charge is 0.308 e. The molecule has 1 amide bonds. The minimum atomic E-state index is -3.92. The number of carbonyl (C=O) groups excluding carboxylic acids is 1. The van der Waals surface area contributed by atoms with Gasteiger partial charge in [0.1, 0.15) is 0 Å². The lowest BCUT2D eigenvalue weighted by Gasteiger charge is -2.27. The van der Waals surface area contributed by atoms with Crippen molar-refractivity contribution in [1.82, 2.24) is 4.31 Å². The molecule has 1 atom stereocenters. The molecule has 0 spiro atoms. The molecule has 8 heteroatoms. The van der Waals surface area contributed by atoms with E-state index in [-0.39, 0.29) is 29.9 Å². The van der Waals surface area contributed by atoms with Gasteiger partial charge in [-0.05, 0) is 73.9 Å². The minimum Gasteiger partial charge on any atom is -0.308 e. The lowest BCUT2D eigenvalue weighted by Crippen LogP contribution is -2.44. The number of halogens is 2. The number of sulfonamides is 1. The van der Waals surface area contributed by atoms with Crippen molar-refractivity contribution in [3.63, 3.8) is 0 Å². The predicted molar refractivity (Wildman–Crippen MR) is 135 cm³/mol. The molecule has 172 valence electrons. The van der Waals surface area contributed by atoms with Crippen LogP contribution in [0.1, 0.15) is 23.6 Å². The van der Waals surface area contributed by atoms with Crippen LogP contribution in [0.4, 0.5) is 5.69 Å². The second-order valence-corrected chi connectivity index (χ2v) is 11.6. The van der Waals surface area contributed by atoms with Crippen LogP contribution in [0.2, 0.25) is 5.02 Å². The summed E-state index contributed by atoms with van der Waals surface area (Å²) in [5, 5.41) is 0.513. The molecule has 0 saturated heterocycles. The number of amides is 1. The summed E-state index contributed by atoms with van der Waals surface area (Å²) in [6.07, 6.45) is 0.722. The molecule has 3 aromatic rings. The van der Waals surface area contributed by atoms with Crippen molar-refractivity contribution in [2.24, 2.45) is 0 Å². The maximum absolute atomic E-state index is 13.6. The molecule has 1 aliphatic heterocycles. The number of nitrogens with zero attached hydrogens (tertiary/aromatic N) is 2. The molecule has 0 bridgehead atoms. The molecule has 0 fully saturated rings. The first-order valence-corrected chi connectivity index (χ1v) is 13.2. The molecule has 33 heavy (non-hydrogen) atoms. The highest BCUT2D eigenvalue weighted by molar-refractivity contribution is 9.10. The maximum Gasteiger partial charge on any atom is 0.243 e. The highest BCUT2D eigenvalue weighted by Crippen LogP contribution is 2.34. The van der Waals surface area contributed by atoms with Crippen LogP contribution in [0.15, 0.2) is 76.1 Å². The van der Waals surface area contributed by atoms with E-state index in [0.717, 1.165) is 27.7 Å². The van der Waals surface area contributed by atoms with Gasteiger partial charge in [0.25, 0.3) is 0 Å². The zero-order valence-electron chi connectivity index (χ0n) is 18.3. The highest BCUT2D eigenvalue weighted by atomic mass is 79.9. The van der Waals surface area contributed by atoms with Crippen molar-refractivity contribution in [2.45, 2.75) is 37.8 Å². The summed E-state index contributed by atoms with van der Waals surface area (Å²) in [6.45, 7) is 3.64. The summed E-state index contributed by atoms with van der Waals surface area (Å²) in [6, 6.07) is 19.4. The first kappa shape index (κ1) is 24.0. The third-order valence-corrected chi connectivity index (χ3v) is 8.28. The molecular formula is C25H24BrClN2O3S. The standard InChI is InChI=1S/C25H24BrClN2O3S/c1-17-6-9-23(10-7-17)33(31,32)28(15-19-4-3-5-22(27)13-19)16-25(30)29-18(2)12-20-14-21(26)8-11-24(20)29/h3-11,13-14,18H,12,15-16H2,1-2H3. The van der Waals surface area contributed by atoms with Crippen molar-refractivity contribution in [2.75, 3.05) is 11.4 Å². The van der Waals surface area contributed by atoms with Gasteiger partial charge in [0.2, 0.25) is 15.9 Å². The molecule has 0 radical (unpaired) electrons. The molecule has 3 aromatic carbocycles. The van der Waals surface area contributed by atoms with Gasteiger partial charge in [0, 0.05) is 27.8 Å². The lowest BCUT2D eigenvalue weighted by molar-refractivity contribution is -0.119. The van der Waals surface area contributed by atoms with Crippen molar-refractivity contribution in [3.05, 3.63) is 92.9 Å². The zero-order valence-corrected chi connectivity index (χ0v) is 21.5. The molecule has 0 aliphatic carbocycles. The van der Waals surface area contributed by atoms with Gasteiger partial charge in [-0.2, -0.15) is 4.31 Å². The molecule has 0 saturated carbocycles. The molecule has 1 aliphatic rings. The summed E-state index contributed by atoms with van der Waals surface area (Å²) in [4.78, 5) is 15.3. The maximum atomic E-state index is 13.6. The fraction of sp³-hybridized carbons (Fsp3) is 0.240.